The van der Waals surface area contributed by atoms with Gasteiger partial charge in [0.1, 0.15) is 17.6 Å². The van der Waals surface area contributed by atoms with E-state index in [1.165, 1.54) is 12.1 Å². The van der Waals surface area contributed by atoms with Gasteiger partial charge in [0, 0.05) is 30.2 Å². The highest BCUT2D eigenvalue weighted by atomic mass is 16.6. The van der Waals surface area contributed by atoms with E-state index in [2.05, 4.69) is 15.2 Å². The van der Waals surface area contributed by atoms with Gasteiger partial charge in [0.05, 0.1) is 24.8 Å². The molecule has 10 nitrogen and oxygen atoms in total. The Morgan fingerprint density at radius 2 is 1.79 bits per heavy atom. The minimum atomic E-state index is -0.765. The van der Waals surface area contributed by atoms with Crippen molar-refractivity contribution < 1.29 is 24.5 Å². The van der Waals surface area contributed by atoms with Crippen molar-refractivity contribution in [2.75, 3.05) is 44.2 Å². The smallest absolute Gasteiger partial charge is 0.414 e. The van der Waals surface area contributed by atoms with Crippen molar-refractivity contribution in [1.82, 2.24) is 15.2 Å². The number of rotatable bonds is 15. The number of fused-ring (bicyclic) bond motifs is 4. The lowest BCUT2D eigenvalue weighted by Gasteiger charge is -2.44. The fraction of sp³-hybridized carbons (Fsp3) is 0.421. The number of H-pyrrole nitrogens is 1. The summed E-state index contributed by atoms with van der Waals surface area (Å²) in [6.45, 7) is 5.17. The molecule has 48 heavy (non-hydrogen) atoms. The van der Waals surface area contributed by atoms with Crippen molar-refractivity contribution >= 4 is 22.7 Å². The van der Waals surface area contributed by atoms with Gasteiger partial charge in [-0.3, -0.25) is 14.6 Å². The summed E-state index contributed by atoms with van der Waals surface area (Å²) in [6.07, 6.45) is 5.01. The number of ether oxygens (including phenoxy) is 2. The molecule has 3 aromatic carbocycles. The number of benzene rings is 3. The molecule has 4 heterocycles. The number of unbranched alkanes of at least 4 members (excludes halogenated alkanes) is 3. The fourth-order valence-corrected chi connectivity index (χ4v) is 6.82. The van der Waals surface area contributed by atoms with Crippen LogP contribution in [0.4, 0.5) is 10.5 Å². The number of nitrogens with zero attached hydrogens (tertiary/aromatic N) is 2. The molecule has 0 saturated carbocycles. The predicted molar refractivity (Wildman–Crippen MR) is 187 cm³/mol. The number of phenols is 1. The Kier molecular flexibility index (Phi) is 11.3. The van der Waals surface area contributed by atoms with Gasteiger partial charge in [-0.25, -0.2) is 4.79 Å². The Bertz CT molecular complexity index is 1700. The average Bonchev–Trinajstić information content (AvgIpc) is 3.11. The normalized spacial score (nSPS) is 19.2. The summed E-state index contributed by atoms with van der Waals surface area (Å²) in [6, 6.07) is 23.8. The number of piperidine rings is 3. The number of carbonyl (C=O) groups excluding carboxylic acids is 1. The average molecular weight is 655 g/mol. The van der Waals surface area contributed by atoms with Crippen LogP contribution in [0.2, 0.25) is 0 Å². The summed E-state index contributed by atoms with van der Waals surface area (Å²) < 4.78 is 12.2. The van der Waals surface area contributed by atoms with Gasteiger partial charge < -0.3 is 30.0 Å². The Morgan fingerprint density at radius 3 is 2.58 bits per heavy atom. The number of aromatic nitrogens is 1. The van der Waals surface area contributed by atoms with Crippen LogP contribution in [0.5, 0.6) is 11.5 Å². The predicted octanol–water partition coefficient (Wildman–Crippen LogP) is 5.73. The van der Waals surface area contributed by atoms with E-state index in [-0.39, 0.29) is 23.5 Å². The van der Waals surface area contributed by atoms with Crippen LogP contribution >= 0.6 is 0 Å². The van der Waals surface area contributed by atoms with E-state index >= 15 is 0 Å². The number of pyridine rings is 1. The van der Waals surface area contributed by atoms with E-state index in [4.69, 9.17) is 9.47 Å². The van der Waals surface area contributed by atoms with Gasteiger partial charge in [0.25, 0.3) is 0 Å². The molecule has 10 heteroatoms. The van der Waals surface area contributed by atoms with E-state index in [0.717, 1.165) is 81.7 Å². The molecule has 2 atom stereocenters. The van der Waals surface area contributed by atoms with Gasteiger partial charge in [0.2, 0.25) is 5.56 Å². The molecule has 0 aliphatic carbocycles. The molecule has 3 fully saturated rings. The number of aromatic hydroxyl groups is 1. The quantitative estimate of drug-likeness (QED) is 0.120. The van der Waals surface area contributed by atoms with Crippen LogP contribution in [0.15, 0.2) is 83.7 Å². The number of aromatic amines is 1. The first-order valence-corrected chi connectivity index (χ1v) is 17.2. The van der Waals surface area contributed by atoms with Crippen molar-refractivity contribution in [3.05, 3.63) is 100 Å². The Labute approximate surface area is 281 Å². The number of nitrogens with one attached hydrogen (secondary N) is 2. The lowest BCUT2D eigenvalue weighted by atomic mass is 9.86. The minimum absolute atomic E-state index is 0.0188. The number of carbonyl (C=O) groups is 1. The second kappa shape index (κ2) is 16.1. The largest absolute Gasteiger partial charge is 0.506 e. The van der Waals surface area contributed by atoms with E-state index < -0.39 is 6.10 Å². The van der Waals surface area contributed by atoms with E-state index in [1.807, 2.05) is 54.6 Å². The van der Waals surface area contributed by atoms with Gasteiger partial charge in [-0.2, -0.15) is 0 Å². The van der Waals surface area contributed by atoms with Gasteiger partial charge >= 0.3 is 6.09 Å². The summed E-state index contributed by atoms with van der Waals surface area (Å²) >= 11 is 0. The number of hydrogen-bond acceptors (Lipinski definition) is 8. The second-order valence-corrected chi connectivity index (χ2v) is 12.9. The van der Waals surface area contributed by atoms with Crippen LogP contribution in [0.25, 0.3) is 10.9 Å². The zero-order valence-electron chi connectivity index (χ0n) is 27.4. The van der Waals surface area contributed by atoms with Crippen LogP contribution in [0.1, 0.15) is 55.8 Å². The lowest BCUT2D eigenvalue weighted by molar-refractivity contribution is -0.0311. The minimum Gasteiger partial charge on any atom is -0.506 e. The maximum Gasteiger partial charge on any atom is 0.414 e. The number of phenolic OH excluding ortho intramolecular Hbond substituents is 1. The Balaban J connectivity index is 0.915. The zero-order chi connectivity index (χ0) is 33.3. The van der Waals surface area contributed by atoms with Gasteiger partial charge in [0.15, 0.2) is 0 Å². The standard InChI is InChI=1S/C38H46N4O6/c43-33-15-13-31(32-14-16-36(45)40-37(32)33)34(44)24-39-19-6-1-2-7-22-47-30-12-8-9-27(23-30)25-42(29-10-4-3-5-11-29)38(46)48-35-26-41-20-17-28(35)18-21-41/h3-5,8-16,23,28,34-35,39,43-44H,1-2,6-7,17-22,24-26H2,(H,40,45)/t34-,35-/m0/s1. The van der Waals surface area contributed by atoms with Crippen molar-refractivity contribution in [3.8, 4) is 11.5 Å². The summed E-state index contributed by atoms with van der Waals surface area (Å²) in [5, 5.41) is 24.7. The monoisotopic (exact) mass is 654 g/mol. The number of aliphatic hydroxyl groups is 1. The molecule has 1 amide bonds. The molecule has 1 aromatic heterocycles. The molecule has 3 aliphatic rings. The molecular formula is C38H46N4O6. The third-order valence-electron chi connectivity index (χ3n) is 9.50. The highest BCUT2D eigenvalue weighted by Gasteiger charge is 2.37. The molecular weight excluding hydrogens is 608 g/mol. The van der Waals surface area contributed by atoms with Crippen molar-refractivity contribution in [3.63, 3.8) is 0 Å². The molecule has 0 unspecified atom stereocenters. The van der Waals surface area contributed by atoms with Crippen molar-refractivity contribution in [1.29, 1.82) is 0 Å². The maximum atomic E-state index is 13.5. The third kappa shape index (κ3) is 8.55. The summed E-state index contributed by atoms with van der Waals surface area (Å²) in [4.78, 5) is 31.9. The first kappa shape index (κ1) is 33.5. The highest BCUT2D eigenvalue weighted by molar-refractivity contribution is 5.88. The first-order chi connectivity index (χ1) is 23.4. The SMILES string of the molecule is O=C(O[C@H]1CN2CCC1CC2)N(Cc1cccc(OCCCCCCNC[C@H](O)c2ccc(O)c3[nH]c(=O)ccc23)c1)c1ccccc1. The van der Waals surface area contributed by atoms with E-state index in [9.17, 15) is 19.8 Å². The number of anilines is 1. The molecule has 254 valence electrons. The van der Waals surface area contributed by atoms with Crippen molar-refractivity contribution in [2.45, 2.75) is 57.3 Å². The first-order valence-electron chi connectivity index (χ1n) is 17.2. The van der Waals surface area contributed by atoms with E-state index in [0.29, 0.717) is 42.1 Å². The molecule has 4 N–H and O–H groups in total. The van der Waals surface area contributed by atoms with Crippen LogP contribution in [-0.4, -0.2) is 71.6 Å². The van der Waals surface area contributed by atoms with Crippen LogP contribution in [0, 0.1) is 5.92 Å². The van der Waals surface area contributed by atoms with Gasteiger partial charge in [-0.1, -0.05) is 49.2 Å². The van der Waals surface area contributed by atoms with E-state index in [1.54, 1.807) is 17.0 Å². The Morgan fingerprint density at radius 1 is 0.979 bits per heavy atom. The van der Waals surface area contributed by atoms with Gasteiger partial charge in [-0.05, 0) is 98.8 Å². The molecule has 4 aromatic rings. The maximum absolute atomic E-state index is 13.5. The molecule has 3 saturated heterocycles. The summed E-state index contributed by atoms with van der Waals surface area (Å²) in [7, 11) is 0. The lowest BCUT2D eigenvalue weighted by Crippen LogP contribution is -2.53. The zero-order valence-corrected chi connectivity index (χ0v) is 27.4. The van der Waals surface area contributed by atoms with Crippen LogP contribution < -0.4 is 20.5 Å². The van der Waals surface area contributed by atoms with Gasteiger partial charge in [-0.15, -0.1) is 0 Å². The molecule has 0 radical (unpaired) electrons. The number of para-hydroxylation sites is 1. The number of hydrogen-bond donors (Lipinski definition) is 4. The van der Waals surface area contributed by atoms with Crippen molar-refractivity contribution in [2.24, 2.45) is 5.92 Å². The molecule has 0 spiro atoms. The third-order valence-corrected chi connectivity index (χ3v) is 9.50. The molecule has 2 bridgehead atoms. The highest BCUT2D eigenvalue weighted by Crippen LogP contribution is 2.31. The second-order valence-electron chi connectivity index (χ2n) is 12.9. The number of aliphatic hydroxyl groups excluding tert-OH is 1. The molecule has 7 rings (SSSR count). The molecule has 3 aliphatic heterocycles. The number of amides is 1. The summed E-state index contributed by atoms with van der Waals surface area (Å²) in [5.74, 6) is 1.22. The fourth-order valence-electron chi connectivity index (χ4n) is 6.82. The summed E-state index contributed by atoms with van der Waals surface area (Å²) in [5.41, 5.74) is 2.48. The van der Waals surface area contributed by atoms with Crippen LogP contribution in [-0.2, 0) is 11.3 Å². The Hall–Kier alpha value is -4.38. The topological polar surface area (TPSA) is 127 Å². The van der Waals surface area contributed by atoms with Crippen LogP contribution in [0.3, 0.4) is 0 Å².